The van der Waals surface area contributed by atoms with Crippen LogP contribution in [0.5, 0.6) is 0 Å². The maximum atomic E-state index is 10.2. The van der Waals surface area contributed by atoms with Crippen molar-refractivity contribution in [1.29, 1.82) is 0 Å². The average Bonchev–Trinajstić information content (AvgIpc) is 1.66. The highest BCUT2D eigenvalue weighted by molar-refractivity contribution is 5.09. The molecule has 0 aromatic heterocycles. The minimum absolute atomic E-state index is 0.0584. The Hall–Kier alpha value is -0.980. The van der Waals surface area contributed by atoms with Gasteiger partial charge in [0.05, 0.1) is 0 Å². The molecule has 0 saturated carbocycles. The maximum Gasteiger partial charge on any atom is -0.0543 e. The van der Waals surface area contributed by atoms with Crippen molar-refractivity contribution in [2.45, 2.75) is 6.92 Å². The van der Waals surface area contributed by atoms with E-state index in [9.17, 15) is 5.11 Å². The van der Waals surface area contributed by atoms with Gasteiger partial charge in [-0.05, 0) is 0 Å². The van der Waals surface area contributed by atoms with Crippen molar-refractivity contribution in [2.75, 3.05) is 0 Å². The van der Waals surface area contributed by atoms with Crippen LogP contribution in [-0.2, 0) is 0 Å². The van der Waals surface area contributed by atoms with Crippen LogP contribution < -0.4 is 5.11 Å². The molecule has 0 aliphatic rings. The van der Waals surface area contributed by atoms with Crippen molar-refractivity contribution in [2.24, 2.45) is 0 Å². The van der Waals surface area contributed by atoms with Gasteiger partial charge in [0, 0.05) is 0 Å². The fourth-order valence-corrected chi connectivity index (χ4v) is 0.270. The Kier molecular flexibility index (Phi) is 3.67. The van der Waals surface area contributed by atoms with Crippen molar-refractivity contribution in [3.05, 3.63) is 36.6 Å². The van der Waals surface area contributed by atoms with E-state index in [4.69, 9.17) is 0 Å². The van der Waals surface area contributed by atoms with Crippen LogP contribution in [0.15, 0.2) is 36.6 Å². The first-order valence-corrected chi connectivity index (χ1v) is 2.40. The van der Waals surface area contributed by atoms with E-state index in [0.717, 1.165) is 0 Å². The molecule has 0 fully saturated rings. The van der Waals surface area contributed by atoms with Gasteiger partial charge in [0.25, 0.3) is 0 Å². The van der Waals surface area contributed by atoms with E-state index in [0.29, 0.717) is 0 Å². The Morgan fingerprint density at radius 2 is 2.12 bits per heavy atom. The second-order valence-corrected chi connectivity index (χ2v) is 1.40. The van der Waals surface area contributed by atoms with Crippen molar-refractivity contribution < 1.29 is 5.11 Å². The lowest BCUT2D eigenvalue weighted by atomic mass is 10.4. The molecule has 0 aromatic rings. The summed E-state index contributed by atoms with van der Waals surface area (Å²) < 4.78 is 0. The van der Waals surface area contributed by atoms with Crippen LogP contribution in [0.1, 0.15) is 6.92 Å². The predicted octanol–water partition coefficient (Wildman–Crippen LogP) is 0.993. The standard InChI is InChI=1S/C7H10O/c1-3-4-5-6-7(2)8/h3-6,8H,1H2,2H3/p-1. The number of hydrogen-bond acceptors (Lipinski definition) is 1. The topological polar surface area (TPSA) is 23.1 Å². The van der Waals surface area contributed by atoms with Gasteiger partial charge in [-0.1, -0.05) is 37.8 Å². The van der Waals surface area contributed by atoms with E-state index < -0.39 is 0 Å². The average molecular weight is 109 g/mol. The molecular weight excluding hydrogens is 100 g/mol. The summed E-state index contributed by atoms with van der Waals surface area (Å²) in [6.45, 7) is 4.95. The van der Waals surface area contributed by atoms with Gasteiger partial charge < -0.3 is 5.11 Å². The van der Waals surface area contributed by atoms with Crippen LogP contribution in [0.2, 0.25) is 0 Å². The van der Waals surface area contributed by atoms with E-state index in [1.807, 2.05) is 0 Å². The van der Waals surface area contributed by atoms with Crippen molar-refractivity contribution in [3.63, 3.8) is 0 Å². The molecule has 0 N–H and O–H groups in total. The Morgan fingerprint density at radius 3 is 2.50 bits per heavy atom. The lowest BCUT2D eigenvalue weighted by molar-refractivity contribution is -0.301. The quantitative estimate of drug-likeness (QED) is 0.383. The first-order chi connectivity index (χ1) is 3.77. The maximum absolute atomic E-state index is 10.2. The summed E-state index contributed by atoms with van der Waals surface area (Å²) in [5.41, 5.74) is 0. The fraction of sp³-hybridized carbons (Fsp3) is 0.143. The largest absolute Gasteiger partial charge is 0.876 e. The Labute approximate surface area is 49.7 Å². The Balaban J connectivity index is 3.57. The zero-order valence-electron chi connectivity index (χ0n) is 4.92. The highest BCUT2D eigenvalue weighted by atomic mass is 16.3. The Bertz CT molecular complexity index is 116. The minimum atomic E-state index is 0.0584. The molecule has 8 heavy (non-hydrogen) atoms. The van der Waals surface area contributed by atoms with Gasteiger partial charge in [-0.2, -0.15) is 0 Å². The monoisotopic (exact) mass is 109 g/mol. The molecule has 1 nitrogen and oxygen atoms in total. The lowest BCUT2D eigenvalue weighted by Crippen LogP contribution is -1.95. The summed E-state index contributed by atoms with van der Waals surface area (Å²) in [6.07, 6.45) is 6.48. The zero-order chi connectivity index (χ0) is 6.41. The predicted molar refractivity (Wildman–Crippen MR) is 33.1 cm³/mol. The molecule has 0 bridgehead atoms. The third-order valence-electron chi connectivity index (χ3n) is 0.578. The van der Waals surface area contributed by atoms with Crippen molar-refractivity contribution in [3.8, 4) is 0 Å². The number of hydrogen-bond donors (Lipinski definition) is 0. The van der Waals surface area contributed by atoms with E-state index in [1.54, 1.807) is 18.2 Å². The van der Waals surface area contributed by atoms with E-state index in [2.05, 4.69) is 6.58 Å². The second-order valence-electron chi connectivity index (χ2n) is 1.40. The normalized spacial score (nSPS) is 12.4. The third kappa shape index (κ3) is 5.02. The van der Waals surface area contributed by atoms with E-state index in [-0.39, 0.29) is 5.76 Å². The Morgan fingerprint density at radius 1 is 1.50 bits per heavy atom. The van der Waals surface area contributed by atoms with Gasteiger partial charge >= 0.3 is 0 Å². The van der Waals surface area contributed by atoms with Gasteiger partial charge in [-0.15, -0.1) is 5.76 Å². The molecule has 0 radical (unpaired) electrons. The van der Waals surface area contributed by atoms with Gasteiger partial charge in [-0.25, -0.2) is 0 Å². The highest BCUT2D eigenvalue weighted by Crippen LogP contribution is 1.80. The summed E-state index contributed by atoms with van der Waals surface area (Å²) in [5.74, 6) is 0.0584. The van der Waals surface area contributed by atoms with E-state index in [1.165, 1.54) is 13.0 Å². The lowest BCUT2D eigenvalue weighted by Gasteiger charge is -1.97. The molecule has 0 rings (SSSR count). The van der Waals surface area contributed by atoms with Crippen molar-refractivity contribution >= 4 is 0 Å². The first kappa shape index (κ1) is 7.02. The summed E-state index contributed by atoms with van der Waals surface area (Å²) >= 11 is 0. The molecular formula is C7H9O-. The SMILES string of the molecule is C=CC=CC=C(C)[O-]. The minimum Gasteiger partial charge on any atom is -0.876 e. The zero-order valence-corrected chi connectivity index (χ0v) is 4.92. The van der Waals surface area contributed by atoms with Gasteiger partial charge in [0.2, 0.25) is 0 Å². The van der Waals surface area contributed by atoms with Gasteiger partial charge in [-0.3, -0.25) is 0 Å². The first-order valence-electron chi connectivity index (χ1n) is 2.40. The molecule has 0 spiro atoms. The molecule has 0 aromatic carbocycles. The smallest absolute Gasteiger partial charge is 0.0543 e. The summed E-state index contributed by atoms with van der Waals surface area (Å²) in [5, 5.41) is 10.2. The van der Waals surface area contributed by atoms with Crippen LogP contribution in [0.3, 0.4) is 0 Å². The molecule has 0 amide bonds. The summed E-state index contributed by atoms with van der Waals surface area (Å²) in [4.78, 5) is 0. The molecule has 0 aliphatic carbocycles. The van der Waals surface area contributed by atoms with Gasteiger partial charge in [0.1, 0.15) is 0 Å². The molecule has 0 saturated heterocycles. The molecule has 0 aliphatic heterocycles. The summed E-state index contributed by atoms with van der Waals surface area (Å²) in [7, 11) is 0. The fourth-order valence-electron chi connectivity index (χ4n) is 0.270. The van der Waals surface area contributed by atoms with Crippen LogP contribution in [0, 0.1) is 0 Å². The van der Waals surface area contributed by atoms with Crippen LogP contribution >= 0.6 is 0 Å². The van der Waals surface area contributed by atoms with E-state index >= 15 is 0 Å². The molecule has 0 atom stereocenters. The van der Waals surface area contributed by atoms with Crippen LogP contribution in [0.25, 0.3) is 0 Å². The third-order valence-corrected chi connectivity index (χ3v) is 0.578. The van der Waals surface area contributed by atoms with Crippen LogP contribution in [-0.4, -0.2) is 0 Å². The second kappa shape index (κ2) is 4.19. The molecule has 1 heteroatoms. The summed E-state index contributed by atoms with van der Waals surface area (Å²) in [6, 6.07) is 0. The highest BCUT2D eigenvalue weighted by Gasteiger charge is 1.58. The molecule has 0 unspecified atom stereocenters. The van der Waals surface area contributed by atoms with Crippen molar-refractivity contribution in [1.82, 2.24) is 0 Å². The molecule has 44 valence electrons. The number of allylic oxidation sites excluding steroid dienone is 5. The van der Waals surface area contributed by atoms with Crippen LogP contribution in [0.4, 0.5) is 0 Å². The van der Waals surface area contributed by atoms with Gasteiger partial charge in [0.15, 0.2) is 0 Å². The number of rotatable bonds is 2. The molecule has 0 heterocycles.